The van der Waals surface area contributed by atoms with Gasteiger partial charge in [0.05, 0.1) is 18.2 Å². The van der Waals surface area contributed by atoms with E-state index >= 15 is 0 Å². The molecule has 0 atom stereocenters. The van der Waals surface area contributed by atoms with E-state index in [1.54, 1.807) is 17.5 Å². The van der Waals surface area contributed by atoms with Crippen molar-refractivity contribution in [2.75, 3.05) is 19.0 Å². The quantitative estimate of drug-likeness (QED) is 0.781. The Morgan fingerprint density at radius 1 is 1.17 bits per heavy atom. The summed E-state index contributed by atoms with van der Waals surface area (Å²) in [6.45, 7) is -0.242. The predicted octanol–water partition coefficient (Wildman–Crippen LogP) is 1.65. The number of anilines is 1. The number of nitrogens with two attached hydrogens (primary N) is 1. The van der Waals surface area contributed by atoms with Crippen molar-refractivity contribution in [3.8, 4) is 5.75 Å². The van der Waals surface area contributed by atoms with Crippen LogP contribution in [0.1, 0.15) is 20.7 Å². The minimum Gasteiger partial charge on any atom is -0.484 e. The zero-order valence-electron chi connectivity index (χ0n) is 12.2. The maximum absolute atomic E-state index is 11.8. The third-order valence-corrected chi connectivity index (χ3v) is 3.66. The molecular formula is C15H14N2O5S. The molecule has 2 aromatic rings. The minimum absolute atomic E-state index is 0.242. The number of carbonyl (C=O) groups excluding carboxylic acids is 3. The molecule has 0 radical (unpaired) electrons. The first-order chi connectivity index (χ1) is 11.0. The van der Waals surface area contributed by atoms with Crippen LogP contribution in [0.3, 0.4) is 0 Å². The van der Waals surface area contributed by atoms with Gasteiger partial charge in [-0.25, -0.2) is 4.79 Å². The van der Waals surface area contributed by atoms with Crippen LogP contribution in [0.25, 0.3) is 0 Å². The van der Waals surface area contributed by atoms with Gasteiger partial charge in [-0.3, -0.25) is 9.59 Å². The van der Waals surface area contributed by atoms with Gasteiger partial charge in [0, 0.05) is 0 Å². The highest BCUT2D eigenvalue weighted by Crippen LogP contribution is 2.22. The maximum Gasteiger partial charge on any atom is 0.337 e. The summed E-state index contributed by atoms with van der Waals surface area (Å²) < 4.78 is 9.89. The number of methoxy groups -OCH3 is 1. The number of ether oxygens (including phenoxy) is 2. The number of primary amides is 1. The molecule has 1 aromatic carbocycles. The molecule has 0 saturated carbocycles. The van der Waals surface area contributed by atoms with Gasteiger partial charge < -0.3 is 20.5 Å². The molecular weight excluding hydrogens is 320 g/mol. The third kappa shape index (κ3) is 4.30. The van der Waals surface area contributed by atoms with Gasteiger partial charge in [0.1, 0.15) is 10.8 Å². The normalized spacial score (nSPS) is 9.96. The topological polar surface area (TPSA) is 108 Å². The van der Waals surface area contributed by atoms with E-state index in [1.165, 1.54) is 36.6 Å². The first-order valence-electron chi connectivity index (χ1n) is 6.49. The van der Waals surface area contributed by atoms with E-state index in [-0.39, 0.29) is 12.2 Å². The van der Waals surface area contributed by atoms with E-state index in [0.29, 0.717) is 16.3 Å². The Bertz CT molecular complexity index is 724. The number of esters is 1. The summed E-state index contributed by atoms with van der Waals surface area (Å²) in [5.74, 6) is -1.06. The van der Waals surface area contributed by atoms with Crippen molar-refractivity contribution in [1.82, 2.24) is 0 Å². The molecule has 0 aliphatic rings. The molecule has 0 unspecified atom stereocenters. The van der Waals surface area contributed by atoms with E-state index in [2.05, 4.69) is 10.1 Å². The van der Waals surface area contributed by atoms with E-state index in [1.807, 2.05) is 0 Å². The van der Waals surface area contributed by atoms with Crippen LogP contribution in [0.2, 0.25) is 0 Å². The van der Waals surface area contributed by atoms with E-state index in [4.69, 9.17) is 10.5 Å². The molecule has 0 fully saturated rings. The molecule has 0 saturated heterocycles. The molecule has 120 valence electrons. The first-order valence-corrected chi connectivity index (χ1v) is 7.37. The van der Waals surface area contributed by atoms with Crippen LogP contribution in [-0.2, 0) is 9.53 Å². The molecule has 0 bridgehead atoms. The highest BCUT2D eigenvalue weighted by atomic mass is 32.1. The van der Waals surface area contributed by atoms with E-state index in [9.17, 15) is 14.4 Å². The Morgan fingerprint density at radius 3 is 2.48 bits per heavy atom. The smallest absolute Gasteiger partial charge is 0.337 e. The summed E-state index contributed by atoms with van der Waals surface area (Å²) in [5.41, 5.74) is 5.84. The van der Waals surface area contributed by atoms with Crippen molar-refractivity contribution in [3.63, 3.8) is 0 Å². The van der Waals surface area contributed by atoms with Crippen molar-refractivity contribution < 1.29 is 23.9 Å². The number of benzene rings is 1. The monoisotopic (exact) mass is 334 g/mol. The van der Waals surface area contributed by atoms with Gasteiger partial charge in [-0.05, 0) is 35.7 Å². The predicted molar refractivity (Wildman–Crippen MR) is 84.7 cm³/mol. The van der Waals surface area contributed by atoms with E-state index < -0.39 is 17.8 Å². The highest BCUT2D eigenvalue weighted by Gasteiger charge is 2.13. The van der Waals surface area contributed by atoms with Crippen LogP contribution in [0.5, 0.6) is 5.75 Å². The molecule has 8 heteroatoms. The second kappa shape index (κ2) is 7.41. The van der Waals surface area contributed by atoms with Crippen molar-refractivity contribution >= 4 is 34.1 Å². The summed E-state index contributed by atoms with van der Waals surface area (Å²) in [4.78, 5) is 34.3. The van der Waals surface area contributed by atoms with Gasteiger partial charge in [0.15, 0.2) is 6.61 Å². The number of carbonyl (C=O) groups is 3. The summed E-state index contributed by atoms with van der Waals surface area (Å²) >= 11 is 1.20. The lowest BCUT2D eigenvalue weighted by Gasteiger charge is -2.07. The van der Waals surface area contributed by atoms with Gasteiger partial charge >= 0.3 is 5.97 Å². The third-order valence-electron chi connectivity index (χ3n) is 2.83. The number of nitrogens with one attached hydrogen (secondary N) is 1. The average molecular weight is 334 g/mol. The van der Waals surface area contributed by atoms with Crippen LogP contribution in [-0.4, -0.2) is 31.5 Å². The second-order valence-electron chi connectivity index (χ2n) is 4.38. The number of amides is 2. The van der Waals surface area contributed by atoms with Crippen LogP contribution in [0.15, 0.2) is 35.7 Å². The molecule has 0 aliphatic carbocycles. The SMILES string of the molecule is COC(=O)c1ccc(OCC(=O)Nc2sccc2C(N)=O)cc1. The Morgan fingerprint density at radius 2 is 1.87 bits per heavy atom. The maximum atomic E-state index is 11.8. The molecule has 0 aliphatic heterocycles. The number of hydrogen-bond donors (Lipinski definition) is 2. The fraction of sp³-hybridized carbons (Fsp3) is 0.133. The van der Waals surface area contributed by atoms with Crippen LogP contribution >= 0.6 is 11.3 Å². The minimum atomic E-state index is -0.610. The Hall–Kier alpha value is -2.87. The molecule has 7 nitrogen and oxygen atoms in total. The summed E-state index contributed by atoms with van der Waals surface area (Å²) in [6.07, 6.45) is 0. The lowest BCUT2D eigenvalue weighted by atomic mass is 10.2. The van der Waals surface area contributed by atoms with Crippen LogP contribution < -0.4 is 15.8 Å². The summed E-state index contributed by atoms with van der Waals surface area (Å²) in [6, 6.07) is 7.71. The lowest BCUT2D eigenvalue weighted by molar-refractivity contribution is -0.118. The highest BCUT2D eigenvalue weighted by molar-refractivity contribution is 7.14. The molecule has 1 aromatic heterocycles. The van der Waals surface area contributed by atoms with Gasteiger partial charge in [-0.1, -0.05) is 0 Å². The Balaban J connectivity index is 1.90. The van der Waals surface area contributed by atoms with E-state index in [0.717, 1.165) is 0 Å². The Kier molecular flexibility index (Phi) is 5.32. The number of thiophene rings is 1. The van der Waals surface area contributed by atoms with Gasteiger partial charge in [-0.15, -0.1) is 11.3 Å². The first kappa shape index (κ1) is 16.5. The molecule has 1 heterocycles. The van der Waals surface area contributed by atoms with Crippen LogP contribution in [0.4, 0.5) is 5.00 Å². The fourth-order valence-electron chi connectivity index (χ4n) is 1.72. The number of hydrogen-bond acceptors (Lipinski definition) is 6. The van der Waals surface area contributed by atoms with Gasteiger partial charge in [0.2, 0.25) is 0 Å². The lowest BCUT2D eigenvalue weighted by Crippen LogP contribution is -2.21. The Labute approximate surface area is 136 Å². The van der Waals surface area contributed by atoms with Crippen molar-refractivity contribution in [3.05, 3.63) is 46.8 Å². The zero-order chi connectivity index (χ0) is 16.8. The molecule has 2 rings (SSSR count). The zero-order valence-corrected chi connectivity index (χ0v) is 13.0. The largest absolute Gasteiger partial charge is 0.484 e. The molecule has 23 heavy (non-hydrogen) atoms. The number of rotatable bonds is 6. The summed E-state index contributed by atoms with van der Waals surface area (Å²) in [5, 5.41) is 4.60. The van der Waals surface area contributed by atoms with Gasteiger partial charge in [0.25, 0.3) is 11.8 Å². The average Bonchev–Trinajstić information content (AvgIpc) is 3.01. The molecule has 0 spiro atoms. The van der Waals surface area contributed by atoms with Crippen molar-refractivity contribution in [2.45, 2.75) is 0 Å². The summed E-state index contributed by atoms with van der Waals surface area (Å²) in [7, 11) is 1.29. The van der Waals surface area contributed by atoms with Gasteiger partial charge in [-0.2, -0.15) is 0 Å². The molecule has 2 amide bonds. The van der Waals surface area contributed by atoms with Crippen LogP contribution in [0, 0.1) is 0 Å². The van der Waals surface area contributed by atoms with Crippen molar-refractivity contribution in [2.24, 2.45) is 5.73 Å². The van der Waals surface area contributed by atoms with Crippen molar-refractivity contribution in [1.29, 1.82) is 0 Å². The second-order valence-corrected chi connectivity index (χ2v) is 5.30. The standard InChI is InChI=1S/C15H14N2O5S/c1-21-15(20)9-2-4-10(5-3-9)22-8-12(18)17-14-11(13(16)19)6-7-23-14/h2-7H,8H2,1H3,(H2,16,19)(H,17,18). The fourth-order valence-corrected chi connectivity index (χ4v) is 2.53. The molecule has 3 N–H and O–H groups in total.